The van der Waals surface area contributed by atoms with Crippen molar-refractivity contribution in [1.29, 1.82) is 0 Å². The molecule has 0 spiro atoms. The van der Waals surface area contributed by atoms with E-state index in [9.17, 15) is 9.59 Å². The first-order chi connectivity index (χ1) is 11.0. The lowest BCUT2D eigenvalue weighted by Crippen LogP contribution is -2.87. The average Bonchev–Trinajstić information content (AvgIpc) is 3.02. The molecule has 1 aromatic heterocycles. The smallest absolute Gasteiger partial charge is 0.326 e. The van der Waals surface area contributed by atoms with Gasteiger partial charge in [-0.25, -0.2) is 4.79 Å². The molecule has 2 aromatic rings. The van der Waals surface area contributed by atoms with Crippen molar-refractivity contribution < 1.29 is 19.3 Å². The van der Waals surface area contributed by atoms with Gasteiger partial charge in [0.25, 0.3) is 5.91 Å². The van der Waals surface area contributed by atoms with Gasteiger partial charge in [0.2, 0.25) is 0 Å². The molecule has 6 nitrogen and oxygen atoms in total. The molecule has 1 heterocycles. The fourth-order valence-electron chi connectivity index (χ4n) is 2.24. The van der Waals surface area contributed by atoms with E-state index < -0.39 is 6.03 Å². The van der Waals surface area contributed by atoms with Crippen LogP contribution in [0.4, 0.5) is 10.5 Å². The van der Waals surface area contributed by atoms with Gasteiger partial charge in [0, 0.05) is 5.69 Å². The number of benzene rings is 1. The minimum atomic E-state index is -0.527. The maximum Gasteiger partial charge on any atom is 0.326 e. The average molecular weight is 316 g/mol. The summed E-state index contributed by atoms with van der Waals surface area (Å²) in [4.78, 5) is 23.7. The third-order valence-electron chi connectivity index (χ3n) is 3.53. The van der Waals surface area contributed by atoms with Crippen molar-refractivity contribution in [1.82, 2.24) is 5.32 Å². The van der Waals surface area contributed by atoms with Crippen LogP contribution in [-0.2, 0) is 4.79 Å². The quantitative estimate of drug-likeness (QED) is 0.787. The lowest BCUT2D eigenvalue weighted by Gasteiger charge is -2.10. The SMILES string of the molecule is Cc1ccc(NC(=O)NC(=O)C[NH2+][C@H](C)c2ccco2)c(C)c1. The predicted octanol–water partition coefficient (Wildman–Crippen LogP) is 1.87. The molecular weight excluding hydrogens is 294 g/mol. The molecule has 0 unspecified atom stereocenters. The van der Waals surface area contributed by atoms with E-state index >= 15 is 0 Å². The second-order valence-electron chi connectivity index (χ2n) is 5.56. The molecule has 0 aliphatic rings. The molecule has 23 heavy (non-hydrogen) atoms. The minimum Gasteiger partial charge on any atom is -0.463 e. The first-order valence-corrected chi connectivity index (χ1v) is 7.50. The molecule has 0 radical (unpaired) electrons. The van der Waals surface area contributed by atoms with E-state index in [4.69, 9.17) is 4.42 Å². The number of furan rings is 1. The maximum absolute atomic E-state index is 11.9. The van der Waals surface area contributed by atoms with Crippen molar-refractivity contribution in [2.75, 3.05) is 11.9 Å². The van der Waals surface area contributed by atoms with Gasteiger partial charge in [-0.15, -0.1) is 0 Å². The number of hydrogen-bond donors (Lipinski definition) is 3. The van der Waals surface area contributed by atoms with Crippen molar-refractivity contribution in [3.8, 4) is 0 Å². The normalized spacial score (nSPS) is 11.8. The molecule has 1 aromatic carbocycles. The van der Waals surface area contributed by atoms with Gasteiger partial charge in [0.15, 0.2) is 12.3 Å². The van der Waals surface area contributed by atoms with E-state index in [1.54, 1.807) is 17.6 Å². The Morgan fingerprint density at radius 1 is 1.26 bits per heavy atom. The molecule has 0 aliphatic heterocycles. The molecule has 0 aliphatic carbocycles. The number of nitrogens with one attached hydrogen (secondary N) is 2. The zero-order valence-corrected chi connectivity index (χ0v) is 13.6. The minimum absolute atomic E-state index is 0.0122. The number of carbonyl (C=O) groups is 2. The summed E-state index contributed by atoms with van der Waals surface area (Å²) in [6.45, 7) is 5.96. The highest BCUT2D eigenvalue weighted by Gasteiger charge is 2.15. The number of nitrogens with two attached hydrogens (primary N) is 1. The van der Waals surface area contributed by atoms with Crippen molar-refractivity contribution in [3.63, 3.8) is 0 Å². The van der Waals surface area contributed by atoms with Gasteiger partial charge in [-0.3, -0.25) is 10.1 Å². The second kappa shape index (κ2) is 7.60. The van der Waals surface area contributed by atoms with Crippen LogP contribution < -0.4 is 16.0 Å². The van der Waals surface area contributed by atoms with E-state index in [0.29, 0.717) is 5.69 Å². The predicted molar refractivity (Wildman–Crippen MR) is 87.0 cm³/mol. The van der Waals surface area contributed by atoms with Crippen LogP contribution in [0, 0.1) is 13.8 Å². The first-order valence-electron chi connectivity index (χ1n) is 7.50. The number of aryl methyl sites for hydroxylation is 2. The number of hydrogen-bond acceptors (Lipinski definition) is 3. The van der Waals surface area contributed by atoms with Gasteiger partial charge in [-0.1, -0.05) is 17.7 Å². The van der Waals surface area contributed by atoms with Crippen LogP contribution in [0.2, 0.25) is 0 Å². The molecule has 0 bridgehead atoms. The number of anilines is 1. The van der Waals surface area contributed by atoms with E-state index in [0.717, 1.165) is 16.9 Å². The molecule has 0 saturated carbocycles. The number of amides is 3. The summed E-state index contributed by atoms with van der Waals surface area (Å²) < 4.78 is 5.27. The zero-order valence-electron chi connectivity index (χ0n) is 13.6. The Balaban J connectivity index is 1.79. The van der Waals surface area contributed by atoms with E-state index in [1.165, 1.54) is 0 Å². The molecule has 122 valence electrons. The first kappa shape index (κ1) is 16.8. The van der Waals surface area contributed by atoms with Crippen LogP contribution in [0.3, 0.4) is 0 Å². The highest BCUT2D eigenvalue weighted by molar-refractivity contribution is 6.01. The van der Waals surface area contributed by atoms with Crippen LogP contribution in [0.15, 0.2) is 41.0 Å². The highest BCUT2D eigenvalue weighted by Crippen LogP contribution is 2.15. The molecule has 4 N–H and O–H groups in total. The van der Waals surface area contributed by atoms with Gasteiger partial charge < -0.3 is 15.1 Å². The summed E-state index contributed by atoms with van der Waals surface area (Å²) in [7, 11) is 0. The lowest BCUT2D eigenvalue weighted by atomic mass is 10.1. The van der Waals surface area contributed by atoms with E-state index in [-0.39, 0.29) is 18.5 Å². The summed E-state index contributed by atoms with van der Waals surface area (Å²) in [6, 6.07) is 8.83. The molecule has 0 fully saturated rings. The van der Waals surface area contributed by atoms with Gasteiger partial charge in [-0.2, -0.15) is 0 Å². The third kappa shape index (κ3) is 4.96. The van der Waals surface area contributed by atoms with Crippen LogP contribution in [0.5, 0.6) is 0 Å². The molecule has 2 rings (SSSR count). The Hall–Kier alpha value is -2.60. The van der Waals surface area contributed by atoms with Gasteiger partial charge in [0.1, 0.15) is 6.04 Å². The highest BCUT2D eigenvalue weighted by atomic mass is 16.3. The van der Waals surface area contributed by atoms with Crippen LogP contribution in [0.25, 0.3) is 0 Å². The topological polar surface area (TPSA) is 88.0 Å². The Kier molecular flexibility index (Phi) is 5.54. The van der Waals surface area contributed by atoms with Crippen molar-refractivity contribution in [2.45, 2.75) is 26.8 Å². The Morgan fingerprint density at radius 3 is 2.70 bits per heavy atom. The number of carbonyl (C=O) groups excluding carboxylic acids is 2. The fourth-order valence-corrected chi connectivity index (χ4v) is 2.24. The summed E-state index contributed by atoms with van der Waals surface area (Å²) in [5, 5.41) is 6.80. The number of urea groups is 1. The Labute approximate surface area is 135 Å². The molecule has 0 saturated heterocycles. The lowest BCUT2D eigenvalue weighted by molar-refractivity contribution is -0.684. The van der Waals surface area contributed by atoms with Crippen molar-refractivity contribution in [2.24, 2.45) is 0 Å². The maximum atomic E-state index is 11.9. The number of quaternary nitrogens is 1. The van der Waals surface area contributed by atoms with Crippen LogP contribution in [-0.4, -0.2) is 18.5 Å². The molecule has 3 amide bonds. The molecule has 6 heteroatoms. The van der Waals surface area contributed by atoms with Gasteiger partial charge in [-0.05, 0) is 44.5 Å². The van der Waals surface area contributed by atoms with Crippen molar-refractivity contribution in [3.05, 3.63) is 53.5 Å². The van der Waals surface area contributed by atoms with Crippen molar-refractivity contribution >= 4 is 17.6 Å². The Bertz CT molecular complexity index is 680. The summed E-state index contributed by atoms with van der Waals surface area (Å²) in [6.07, 6.45) is 1.59. The summed E-state index contributed by atoms with van der Waals surface area (Å²) in [5.74, 6) is 0.434. The van der Waals surface area contributed by atoms with Crippen LogP contribution in [0.1, 0.15) is 29.9 Å². The van der Waals surface area contributed by atoms with E-state index in [1.807, 2.05) is 45.0 Å². The Morgan fingerprint density at radius 2 is 2.04 bits per heavy atom. The zero-order chi connectivity index (χ0) is 16.8. The van der Waals surface area contributed by atoms with E-state index in [2.05, 4.69) is 10.6 Å². The van der Waals surface area contributed by atoms with Gasteiger partial charge >= 0.3 is 6.03 Å². The molecule has 1 atom stereocenters. The monoisotopic (exact) mass is 316 g/mol. The third-order valence-corrected chi connectivity index (χ3v) is 3.53. The summed E-state index contributed by atoms with van der Waals surface area (Å²) >= 11 is 0. The second-order valence-corrected chi connectivity index (χ2v) is 5.56. The standard InChI is InChI=1S/C17H21N3O3/c1-11-6-7-14(12(2)9-11)19-17(22)20-16(21)10-18-13(3)15-5-4-8-23-15/h4-9,13,18H,10H2,1-3H3,(H2,19,20,21,22)/p+1/t13-/m1/s1. The molecular formula is C17H22N3O3+. The number of rotatable bonds is 5. The van der Waals surface area contributed by atoms with Gasteiger partial charge in [0.05, 0.1) is 6.26 Å². The fraction of sp³-hybridized carbons (Fsp3) is 0.294. The summed E-state index contributed by atoms with van der Waals surface area (Å²) in [5.41, 5.74) is 2.76. The van der Waals surface area contributed by atoms with Crippen LogP contribution >= 0.6 is 0 Å². The number of imide groups is 1. The largest absolute Gasteiger partial charge is 0.463 e.